The van der Waals surface area contributed by atoms with Gasteiger partial charge in [0.05, 0.1) is 0 Å². The maximum atomic E-state index is 4.41. The van der Waals surface area contributed by atoms with Crippen molar-refractivity contribution >= 4 is 5.96 Å². The summed E-state index contributed by atoms with van der Waals surface area (Å²) in [5.74, 6) is 0.870. The van der Waals surface area contributed by atoms with Crippen molar-refractivity contribution < 1.29 is 0 Å². The third kappa shape index (κ3) is 6.29. The Hall–Kier alpha value is -1.59. The number of guanidine groups is 1. The van der Waals surface area contributed by atoms with E-state index in [1.807, 2.05) is 7.05 Å². The van der Waals surface area contributed by atoms with Crippen LogP contribution in [0.1, 0.15) is 44.2 Å². The molecule has 5 heteroatoms. The Bertz CT molecular complexity index is 574. The summed E-state index contributed by atoms with van der Waals surface area (Å²) in [6, 6.07) is 8.60. The van der Waals surface area contributed by atoms with Crippen molar-refractivity contribution in [2.75, 3.05) is 40.8 Å². The highest BCUT2D eigenvalue weighted by Crippen LogP contribution is 2.19. The van der Waals surface area contributed by atoms with Crippen molar-refractivity contribution in [3.63, 3.8) is 0 Å². The van der Waals surface area contributed by atoms with Gasteiger partial charge in [0, 0.05) is 32.2 Å². The summed E-state index contributed by atoms with van der Waals surface area (Å²) in [4.78, 5) is 9.21. The molecule has 1 saturated heterocycles. The lowest BCUT2D eigenvalue weighted by atomic mass is 9.98. The number of nitrogens with one attached hydrogen (secondary N) is 2. The molecule has 1 heterocycles. The normalized spacial score (nSPS) is 16.8. The second-order valence-electron chi connectivity index (χ2n) is 8.15. The van der Waals surface area contributed by atoms with Crippen LogP contribution in [-0.4, -0.2) is 62.1 Å². The van der Waals surface area contributed by atoms with Gasteiger partial charge in [-0.15, -0.1) is 0 Å². The van der Waals surface area contributed by atoms with E-state index in [-0.39, 0.29) is 5.54 Å². The molecule has 1 aromatic rings. The first-order chi connectivity index (χ1) is 12.4. The molecule has 0 spiro atoms. The lowest BCUT2D eigenvalue weighted by molar-refractivity contribution is 0.0982. The van der Waals surface area contributed by atoms with Crippen LogP contribution in [-0.2, 0) is 13.1 Å². The Morgan fingerprint density at radius 3 is 2.35 bits per heavy atom. The maximum absolute atomic E-state index is 4.41. The van der Waals surface area contributed by atoms with Crippen LogP contribution in [0.3, 0.4) is 0 Å². The summed E-state index contributed by atoms with van der Waals surface area (Å²) >= 11 is 0. The molecule has 0 aromatic heterocycles. The van der Waals surface area contributed by atoms with E-state index in [1.54, 1.807) is 0 Å². The zero-order valence-electron chi connectivity index (χ0n) is 17.3. The van der Waals surface area contributed by atoms with Crippen LogP contribution in [0.2, 0.25) is 0 Å². The molecule has 0 amide bonds. The SMILES string of the molecule is CN=C(NCc1ccccc1CN(C)C)NCC(C)(C)N1CCCCC1. The van der Waals surface area contributed by atoms with Crippen molar-refractivity contribution in [2.45, 2.75) is 51.7 Å². The molecular weight excluding hydrogens is 322 g/mol. The van der Waals surface area contributed by atoms with E-state index in [4.69, 9.17) is 0 Å². The molecule has 0 saturated carbocycles. The minimum Gasteiger partial charge on any atom is -0.355 e. The zero-order valence-corrected chi connectivity index (χ0v) is 17.3. The van der Waals surface area contributed by atoms with Gasteiger partial charge in [-0.2, -0.15) is 0 Å². The van der Waals surface area contributed by atoms with E-state index < -0.39 is 0 Å². The van der Waals surface area contributed by atoms with Crippen LogP contribution in [0.4, 0.5) is 0 Å². The highest BCUT2D eigenvalue weighted by molar-refractivity contribution is 5.79. The smallest absolute Gasteiger partial charge is 0.191 e. The lowest BCUT2D eigenvalue weighted by Gasteiger charge is -2.41. The number of piperidine rings is 1. The Labute approximate surface area is 159 Å². The van der Waals surface area contributed by atoms with Crippen LogP contribution in [0, 0.1) is 0 Å². The number of hydrogen-bond acceptors (Lipinski definition) is 3. The molecule has 1 aliphatic heterocycles. The van der Waals surface area contributed by atoms with Crippen LogP contribution in [0.25, 0.3) is 0 Å². The molecular formula is C21H37N5. The molecule has 5 nitrogen and oxygen atoms in total. The van der Waals surface area contributed by atoms with Crippen molar-refractivity contribution in [1.82, 2.24) is 20.4 Å². The Morgan fingerprint density at radius 1 is 1.08 bits per heavy atom. The number of nitrogens with zero attached hydrogens (tertiary/aromatic N) is 3. The first-order valence-corrected chi connectivity index (χ1v) is 9.83. The van der Waals surface area contributed by atoms with Crippen molar-refractivity contribution in [3.8, 4) is 0 Å². The largest absolute Gasteiger partial charge is 0.355 e. The predicted molar refractivity (Wildman–Crippen MR) is 112 cm³/mol. The van der Waals surface area contributed by atoms with E-state index in [9.17, 15) is 0 Å². The van der Waals surface area contributed by atoms with Gasteiger partial charge in [-0.1, -0.05) is 30.7 Å². The number of benzene rings is 1. The Balaban J connectivity index is 1.88. The van der Waals surface area contributed by atoms with Crippen molar-refractivity contribution in [2.24, 2.45) is 4.99 Å². The molecule has 0 radical (unpaired) electrons. The molecule has 0 bridgehead atoms. The van der Waals surface area contributed by atoms with Gasteiger partial charge in [0.15, 0.2) is 5.96 Å². The number of rotatable bonds is 7. The highest BCUT2D eigenvalue weighted by atomic mass is 15.2. The molecule has 146 valence electrons. The van der Waals surface area contributed by atoms with Gasteiger partial charge in [0.25, 0.3) is 0 Å². The number of aliphatic imine (C=N–C) groups is 1. The van der Waals surface area contributed by atoms with Crippen LogP contribution < -0.4 is 10.6 Å². The third-order valence-electron chi connectivity index (χ3n) is 5.18. The highest BCUT2D eigenvalue weighted by Gasteiger charge is 2.27. The zero-order chi connectivity index (χ0) is 19.0. The number of hydrogen-bond donors (Lipinski definition) is 2. The number of likely N-dealkylation sites (tertiary alicyclic amines) is 1. The first-order valence-electron chi connectivity index (χ1n) is 9.83. The van der Waals surface area contributed by atoms with E-state index >= 15 is 0 Å². The van der Waals surface area contributed by atoms with Gasteiger partial charge >= 0.3 is 0 Å². The standard InChI is InChI=1S/C21H37N5/c1-21(2,26-13-9-6-10-14-26)17-24-20(22-3)23-15-18-11-7-8-12-19(18)16-25(4)5/h7-8,11-12H,6,9-10,13-17H2,1-5H3,(H2,22,23,24). The fourth-order valence-corrected chi connectivity index (χ4v) is 3.54. The Morgan fingerprint density at radius 2 is 1.73 bits per heavy atom. The molecule has 0 unspecified atom stereocenters. The molecule has 1 aromatic carbocycles. The van der Waals surface area contributed by atoms with Crippen LogP contribution >= 0.6 is 0 Å². The second kappa shape index (κ2) is 9.93. The van der Waals surface area contributed by atoms with E-state index in [0.717, 1.165) is 25.6 Å². The van der Waals surface area contributed by atoms with Gasteiger partial charge in [-0.05, 0) is 65.0 Å². The summed E-state index contributed by atoms with van der Waals surface area (Å²) in [6.07, 6.45) is 4.01. The maximum Gasteiger partial charge on any atom is 0.191 e. The predicted octanol–water partition coefficient (Wildman–Crippen LogP) is 2.68. The summed E-state index contributed by atoms with van der Waals surface area (Å²) in [7, 11) is 6.05. The van der Waals surface area contributed by atoms with Gasteiger partial charge in [0.2, 0.25) is 0 Å². The fraction of sp³-hybridized carbons (Fsp3) is 0.667. The van der Waals surface area contributed by atoms with E-state index in [2.05, 4.69) is 77.6 Å². The molecule has 2 N–H and O–H groups in total. The van der Waals surface area contributed by atoms with Gasteiger partial charge in [-0.25, -0.2) is 0 Å². The molecule has 0 atom stereocenters. The molecule has 26 heavy (non-hydrogen) atoms. The van der Waals surface area contributed by atoms with Crippen molar-refractivity contribution in [3.05, 3.63) is 35.4 Å². The second-order valence-corrected chi connectivity index (χ2v) is 8.15. The Kier molecular flexibility index (Phi) is 7.91. The van der Waals surface area contributed by atoms with E-state index in [0.29, 0.717) is 0 Å². The quantitative estimate of drug-likeness (QED) is 0.580. The van der Waals surface area contributed by atoms with Crippen LogP contribution in [0.5, 0.6) is 0 Å². The summed E-state index contributed by atoms with van der Waals surface area (Å²) in [5.41, 5.74) is 2.81. The monoisotopic (exact) mass is 359 g/mol. The summed E-state index contributed by atoms with van der Waals surface area (Å²) in [5, 5.41) is 7.00. The van der Waals surface area contributed by atoms with Gasteiger partial charge < -0.3 is 15.5 Å². The molecule has 1 aliphatic rings. The average Bonchev–Trinajstić information content (AvgIpc) is 2.63. The fourth-order valence-electron chi connectivity index (χ4n) is 3.54. The van der Waals surface area contributed by atoms with Gasteiger partial charge in [0.1, 0.15) is 0 Å². The average molecular weight is 360 g/mol. The first kappa shape index (κ1) is 20.7. The van der Waals surface area contributed by atoms with Gasteiger partial charge in [-0.3, -0.25) is 9.89 Å². The minimum absolute atomic E-state index is 0.140. The van der Waals surface area contributed by atoms with Crippen LogP contribution in [0.15, 0.2) is 29.3 Å². The topological polar surface area (TPSA) is 42.9 Å². The lowest BCUT2D eigenvalue weighted by Crippen LogP contribution is -2.54. The molecule has 2 rings (SSSR count). The summed E-state index contributed by atoms with van der Waals surface area (Å²) < 4.78 is 0. The van der Waals surface area contributed by atoms with E-state index in [1.165, 1.54) is 43.5 Å². The molecule has 1 fully saturated rings. The summed E-state index contributed by atoms with van der Waals surface area (Å²) in [6.45, 7) is 9.69. The minimum atomic E-state index is 0.140. The van der Waals surface area contributed by atoms with Crippen molar-refractivity contribution in [1.29, 1.82) is 0 Å². The molecule has 0 aliphatic carbocycles. The third-order valence-corrected chi connectivity index (χ3v) is 5.18.